The quantitative estimate of drug-likeness (QED) is 0.239. The predicted octanol–water partition coefficient (Wildman–Crippen LogP) is 3.67. The molecule has 0 spiro atoms. The van der Waals surface area contributed by atoms with Gasteiger partial charge in [-0.15, -0.1) is 24.0 Å². The first-order chi connectivity index (χ1) is 12.2. The minimum atomic E-state index is -0.957. The zero-order chi connectivity index (χ0) is 17.9. The first-order valence-electron chi connectivity index (χ1n) is 8.69. The zero-order valence-electron chi connectivity index (χ0n) is 15.0. The van der Waals surface area contributed by atoms with Crippen molar-refractivity contribution in [3.8, 4) is 0 Å². The maximum absolute atomic E-state index is 13.7. The summed E-state index contributed by atoms with van der Waals surface area (Å²) in [4.78, 5) is 4.35. The summed E-state index contributed by atoms with van der Waals surface area (Å²) in [5.41, 5.74) is 1.58. The van der Waals surface area contributed by atoms with E-state index >= 15 is 0 Å². The number of benzene rings is 2. The molecule has 6 heteroatoms. The van der Waals surface area contributed by atoms with Gasteiger partial charge in [-0.3, -0.25) is 4.99 Å². The summed E-state index contributed by atoms with van der Waals surface area (Å²) in [6.07, 6.45) is 1.01. The normalized spacial score (nSPS) is 12.2. The summed E-state index contributed by atoms with van der Waals surface area (Å²) < 4.78 is 13.7. The van der Waals surface area contributed by atoms with Crippen molar-refractivity contribution in [2.24, 2.45) is 4.99 Å². The van der Waals surface area contributed by atoms with Crippen LogP contribution in [0.15, 0.2) is 59.6 Å². The molecule has 1 atom stereocenters. The smallest absolute Gasteiger partial charge is 0.191 e. The first kappa shape index (κ1) is 22.4. The van der Waals surface area contributed by atoms with Crippen molar-refractivity contribution in [1.82, 2.24) is 10.6 Å². The zero-order valence-corrected chi connectivity index (χ0v) is 17.3. The number of aryl methyl sites for hydroxylation is 1. The number of halogens is 2. The molecule has 2 rings (SSSR count). The minimum Gasteiger partial charge on any atom is -0.386 e. The molecule has 0 bridgehead atoms. The van der Waals surface area contributed by atoms with E-state index in [1.165, 1.54) is 11.6 Å². The molecule has 1 unspecified atom stereocenters. The summed E-state index contributed by atoms with van der Waals surface area (Å²) >= 11 is 0. The van der Waals surface area contributed by atoms with E-state index in [0.29, 0.717) is 5.96 Å². The van der Waals surface area contributed by atoms with E-state index in [0.717, 1.165) is 25.9 Å². The fraction of sp³-hybridized carbons (Fsp3) is 0.350. The fourth-order valence-electron chi connectivity index (χ4n) is 2.51. The van der Waals surface area contributed by atoms with Crippen molar-refractivity contribution < 1.29 is 9.50 Å². The summed E-state index contributed by atoms with van der Waals surface area (Å²) in [5.74, 6) is 0.219. The van der Waals surface area contributed by atoms with Crippen molar-refractivity contribution in [3.63, 3.8) is 0 Å². The average Bonchev–Trinajstić information content (AvgIpc) is 2.64. The van der Waals surface area contributed by atoms with Gasteiger partial charge >= 0.3 is 0 Å². The van der Waals surface area contributed by atoms with Crippen LogP contribution < -0.4 is 10.6 Å². The van der Waals surface area contributed by atoms with Crippen LogP contribution in [0.3, 0.4) is 0 Å². The lowest BCUT2D eigenvalue weighted by Crippen LogP contribution is -2.38. The minimum absolute atomic E-state index is 0. The van der Waals surface area contributed by atoms with Crippen LogP contribution >= 0.6 is 24.0 Å². The Balaban J connectivity index is 0.00000338. The van der Waals surface area contributed by atoms with Gasteiger partial charge in [0.05, 0.1) is 6.54 Å². The molecule has 0 amide bonds. The van der Waals surface area contributed by atoms with E-state index in [-0.39, 0.29) is 36.1 Å². The van der Waals surface area contributed by atoms with Crippen LogP contribution in [-0.4, -0.2) is 30.7 Å². The Labute approximate surface area is 172 Å². The molecule has 0 aliphatic heterocycles. The molecule has 0 aliphatic rings. The van der Waals surface area contributed by atoms with Gasteiger partial charge in [0.25, 0.3) is 0 Å². The largest absolute Gasteiger partial charge is 0.386 e. The standard InChI is InChI=1S/C20H26FN3O.HI/c1-2-22-20(23-14-8-11-16-9-4-3-5-10-16)24-15-19(25)17-12-6-7-13-18(17)21;/h3-7,9-10,12-13,19,25H,2,8,11,14-15H2,1H3,(H2,22,23,24);1H. The summed E-state index contributed by atoms with van der Waals surface area (Å²) in [6.45, 7) is 3.58. The molecule has 3 N–H and O–H groups in total. The molecular formula is C20H27FIN3O. The molecule has 2 aromatic carbocycles. The van der Waals surface area contributed by atoms with Crippen LogP contribution in [0, 0.1) is 5.82 Å². The molecule has 0 aromatic heterocycles. The number of nitrogens with one attached hydrogen (secondary N) is 2. The molecular weight excluding hydrogens is 444 g/mol. The second-order valence-corrected chi connectivity index (χ2v) is 5.77. The second kappa shape index (κ2) is 12.6. The molecule has 0 saturated carbocycles. The Kier molecular flexibility index (Phi) is 10.9. The van der Waals surface area contributed by atoms with E-state index in [2.05, 4.69) is 27.8 Å². The fourth-order valence-corrected chi connectivity index (χ4v) is 2.51. The van der Waals surface area contributed by atoms with Gasteiger partial charge in [-0.05, 0) is 31.4 Å². The van der Waals surface area contributed by atoms with Gasteiger partial charge in [-0.2, -0.15) is 0 Å². The monoisotopic (exact) mass is 471 g/mol. The number of guanidine groups is 1. The van der Waals surface area contributed by atoms with Crippen molar-refractivity contribution in [2.75, 3.05) is 19.6 Å². The van der Waals surface area contributed by atoms with E-state index in [9.17, 15) is 9.50 Å². The van der Waals surface area contributed by atoms with Crippen LogP contribution in [0.2, 0.25) is 0 Å². The lowest BCUT2D eigenvalue weighted by molar-refractivity contribution is 0.182. The van der Waals surface area contributed by atoms with Gasteiger partial charge in [-0.25, -0.2) is 4.39 Å². The number of nitrogens with zero attached hydrogens (tertiary/aromatic N) is 1. The third-order valence-corrected chi connectivity index (χ3v) is 3.81. The van der Waals surface area contributed by atoms with Gasteiger partial charge in [0.1, 0.15) is 11.9 Å². The second-order valence-electron chi connectivity index (χ2n) is 5.77. The van der Waals surface area contributed by atoms with Crippen molar-refractivity contribution in [2.45, 2.75) is 25.9 Å². The van der Waals surface area contributed by atoms with Gasteiger partial charge < -0.3 is 15.7 Å². The summed E-state index contributed by atoms with van der Waals surface area (Å²) in [6, 6.07) is 16.6. The highest BCUT2D eigenvalue weighted by molar-refractivity contribution is 14.0. The molecule has 2 aromatic rings. The van der Waals surface area contributed by atoms with E-state index in [4.69, 9.17) is 0 Å². The van der Waals surface area contributed by atoms with Gasteiger partial charge in [0.15, 0.2) is 5.96 Å². The molecule has 142 valence electrons. The van der Waals surface area contributed by atoms with Gasteiger partial charge in [-0.1, -0.05) is 48.5 Å². The maximum atomic E-state index is 13.7. The molecule has 0 heterocycles. The average molecular weight is 471 g/mol. The third-order valence-electron chi connectivity index (χ3n) is 3.81. The summed E-state index contributed by atoms with van der Waals surface area (Å²) in [5, 5.41) is 16.5. The van der Waals surface area contributed by atoms with Crippen molar-refractivity contribution in [1.29, 1.82) is 0 Å². The molecule has 0 aliphatic carbocycles. The Morgan fingerprint density at radius 2 is 1.77 bits per heavy atom. The highest BCUT2D eigenvalue weighted by atomic mass is 127. The highest BCUT2D eigenvalue weighted by Crippen LogP contribution is 2.16. The number of hydrogen-bond acceptors (Lipinski definition) is 2. The van der Waals surface area contributed by atoms with E-state index < -0.39 is 11.9 Å². The molecule has 0 fully saturated rings. The van der Waals surface area contributed by atoms with Crippen molar-refractivity contribution in [3.05, 3.63) is 71.5 Å². The number of aliphatic hydroxyl groups is 1. The lowest BCUT2D eigenvalue weighted by atomic mass is 10.1. The van der Waals surface area contributed by atoms with Gasteiger partial charge in [0, 0.05) is 18.7 Å². The molecule has 0 saturated heterocycles. The maximum Gasteiger partial charge on any atom is 0.191 e. The third kappa shape index (κ3) is 7.70. The Morgan fingerprint density at radius 3 is 2.46 bits per heavy atom. The van der Waals surface area contributed by atoms with E-state index in [1.807, 2.05) is 25.1 Å². The number of aliphatic hydroxyl groups excluding tert-OH is 1. The molecule has 26 heavy (non-hydrogen) atoms. The Morgan fingerprint density at radius 1 is 1.08 bits per heavy atom. The topological polar surface area (TPSA) is 56.7 Å². The Hall–Kier alpha value is -1.67. The van der Waals surface area contributed by atoms with Crippen LogP contribution in [0.25, 0.3) is 0 Å². The van der Waals surface area contributed by atoms with Crippen LogP contribution in [-0.2, 0) is 6.42 Å². The predicted molar refractivity (Wildman–Crippen MR) is 116 cm³/mol. The van der Waals surface area contributed by atoms with E-state index in [1.54, 1.807) is 18.2 Å². The summed E-state index contributed by atoms with van der Waals surface area (Å²) in [7, 11) is 0. The van der Waals surface area contributed by atoms with Crippen LogP contribution in [0.1, 0.15) is 30.6 Å². The SMILES string of the molecule is CCNC(=NCC(O)c1ccccc1F)NCCCc1ccccc1.I. The first-order valence-corrected chi connectivity index (χ1v) is 8.69. The number of rotatable bonds is 8. The Bertz CT molecular complexity index is 667. The van der Waals surface area contributed by atoms with Crippen LogP contribution in [0.5, 0.6) is 0 Å². The van der Waals surface area contributed by atoms with Gasteiger partial charge in [0.2, 0.25) is 0 Å². The molecule has 0 radical (unpaired) electrons. The molecule has 4 nitrogen and oxygen atoms in total. The highest BCUT2D eigenvalue weighted by Gasteiger charge is 2.11. The number of aliphatic imine (C=N–C) groups is 1. The number of hydrogen-bond donors (Lipinski definition) is 3. The lowest BCUT2D eigenvalue weighted by Gasteiger charge is -2.13. The van der Waals surface area contributed by atoms with Crippen molar-refractivity contribution >= 4 is 29.9 Å². The van der Waals surface area contributed by atoms with Crippen LogP contribution in [0.4, 0.5) is 4.39 Å².